The fraction of sp³-hybridized carbons (Fsp3) is 0.960. The summed E-state index contributed by atoms with van der Waals surface area (Å²) in [4.78, 5) is 11.6. The van der Waals surface area contributed by atoms with Crippen molar-refractivity contribution in [1.29, 1.82) is 0 Å². The molecule has 10 atom stereocenters. The van der Waals surface area contributed by atoms with E-state index in [1.807, 2.05) is 0 Å². The third kappa shape index (κ3) is 3.46. The predicted octanol–water partition coefficient (Wildman–Crippen LogP) is 4.57. The molecule has 6 unspecified atom stereocenters. The Balaban J connectivity index is 1.53. The highest BCUT2D eigenvalue weighted by Gasteiger charge is 2.62. The van der Waals surface area contributed by atoms with Crippen molar-refractivity contribution in [3.63, 3.8) is 0 Å². The molecule has 4 heteroatoms. The molecule has 0 saturated heterocycles. The van der Waals surface area contributed by atoms with E-state index >= 15 is 0 Å². The quantitative estimate of drug-likeness (QED) is 0.671. The Labute approximate surface area is 176 Å². The van der Waals surface area contributed by atoms with Gasteiger partial charge in [0.15, 0.2) is 0 Å². The van der Waals surface area contributed by atoms with Crippen LogP contribution in [0.1, 0.15) is 85.0 Å². The van der Waals surface area contributed by atoms with Crippen LogP contribution in [0.5, 0.6) is 0 Å². The van der Waals surface area contributed by atoms with Crippen molar-refractivity contribution < 1.29 is 19.7 Å². The van der Waals surface area contributed by atoms with Crippen molar-refractivity contribution in [3.8, 4) is 0 Å². The fourth-order valence-corrected chi connectivity index (χ4v) is 8.82. The minimum Gasteiger partial charge on any atom is -0.469 e. The second kappa shape index (κ2) is 7.82. The number of ether oxygens (including phenoxy) is 1. The molecule has 2 N–H and O–H groups in total. The monoisotopic (exact) mass is 406 g/mol. The standard InChI is InChI=1S/C25H42O4/c1-15(5-8-22(28)29-4)18-6-7-19-23-20(10-12-25(18,19)3)24(2)11-9-17(26)13-16(24)14-21(23)27/h15-21,23,26-27H,5-14H2,1-4H3/t15?,16-,17?,18?,19-,20?,21-,23+,24?,25?/m0/s1. The molecular formula is C25H42O4. The van der Waals surface area contributed by atoms with Crippen molar-refractivity contribution >= 4 is 5.97 Å². The zero-order chi connectivity index (χ0) is 21.0. The Morgan fingerprint density at radius 1 is 1.03 bits per heavy atom. The molecule has 0 heterocycles. The highest BCUT2D eigenvalue weighted by molar-refractivity contribution is 5.69. The van der Waals surface area contributed by atoms with Gasteiger partial charge in [-0.3, -0.25) is 4.79 Å². The number of rotatable bonds is 4. The molecule has 29 heavy (non-hydrogen) atoms. The second-order valence-electron chi connectivity index (χ2n) is 11.5. The Hall–Kier alpha value is -0.610. The number of carbonyl (C=O) groups is 1. The largest absolute Gasteiger partial charge is 0.469 e. The molecular weight excluding hydrogens is 364 g/mol. The molecule has 4 rings (SSSR count). The normalized spacial score (nSPS) is 50.2. The van der Waals surface area contributed by atoms with E-state index in [1.165, 1.54) is 32.8 Å². The van der Waals surface area contributed by atoms with Crippen LogP contribution in [0, 0.1) is 46.3 Å². The van der Waals surface area contributed by atoms with Crippen molar-refractivity contribution in [2.24, 2.45) is 46.3 Å². The first-order valence-electron chi connectivity index (χ1n) is 12.1. The van der Waals surface area contributed by atoms with Crippen LogP contribution >= 0.6 is 0 Å². The van der Waals surface area contributed by atoms with Crippen molar-refractivity contribution in [3.05, 3.63) is 0 Å². The van der Waals surface area contributed by atoms with Gasteiger partial charge in [0.05, 0.1) is 19.3 Å². The minimum atomic E-state index is -0.211. The number of esters is 1. The van der Waals surface area contributed by atoms with Gasteiger partial charge in [0.25, 0.3) is 0 Å². The molecule has 4 aliphatic carbocycles. The first-order valence-corrected chi connectivity index (χ1v) is 12.1. The molecule has 0 spiro atoms. The van der Waals surface area contributed by atoms with Gasteiger partial charge >= 0.3 is 5.97 Å². The van der Waals surface area contributed by atoms with Crippen LogP contribution in [0.4, 0.5) is 0 Å². The van der Waals surface area contributed by atoms with Gasteiger partial charge in [-0.15, -0.1) is 0 Å². The smallest absolute Gasteiger partial charge is 0.305 e. The maximum atomic E-state index is 11.6. The van der Waals surface area contributed by atoms with Crippen LogP contribution in [0.15, 0.2) is 0 Å². The third-order valence-electron chi connectivity index (χ3n) is 10.4. The molecule has 0 bridgehead atoms. The van der Waals surface area contributed by atoms with E-state index in [1.54, 1.807) is 0 Å². The molecule has 0 aromatic rings. The summed E-state index contributed by atoms with van der Waals surface area (Å²) in [5, 5.41) is 21.5. The lowest BCUT2D eigenvalue weighted by atomic mass is 9.43. The second-order valence-corrected chi connectivity index (χ2v) is 11.5. The van der Waals surface area contributed by atoms with Crippen LogP contribution in [0.2, 0.25) is 0 Å². The van der Waals surface area contributed by atoms with Gasteiger partial charge < -0.3 is 14.9 Å². The number of hydrogen-bond acceptors (Lipinski definition) is 4. The number of fused-ring (bicyclic) bond motifs is 5. The topological polar surface area (TPSA) is 66.8 Å². The van der Waals surface area contributed by atoms with Crippen LogP contribution in [0.25, 0.3) is 0 Å². The van der Waals surface area contributed by atoms with E-state index in [4.69, 9.17) is 4.74 Å². The lowest BCUT2D eigenvalue weighted by molar-refractivity contribution is -0.174. The average Bonchev–Trinajstić information content (AvgIpc) is 3.04. The van der Waals surface area contributed by atoms with E-state index in [0.717, 1.165) is 32.1 Å². The minimum absolute atomic E-state index is 0.0959. The van der Waals surface area contributed by atoms with Gasteiger partial charge in [-0.2, -0.15) is 0 Å². The lowest BCUT2D eigenvalue weighted by Gasteiger charge is -2.62. The zero-order valence-corrected chi connectivity index (χ0v) is 18.9. The number of aliphatic hydroxyl groups is 2. The molecule has 4 fully saturated rings. The highest BCUT2D eigenvalue weighted by Crippen LogP contribution is 2.68. The zero-order valence-electron chi connectivity index (χ0n) is 18.9. The van der Waals surface area contributed by atoms with Gasteiger partial charge in [0.2, 0.25) is 0 Å². The van der Waals surface area contributed by atoms with Crippen molar-refractivity contribution in [2.45, 2.75) is 97.2 Å². The maximum Gasteiger partial charge on any atom is 0.305 e. The molecule has 166 valence electrons. The van der Waals surface area contributed by atoms with E-state index < -0.39 is 0 Å². The van der Waals surface area contributed by atoms with Crippen molar-refractivity contribution in [1.82, 2.24) is 0 Å². The number of hydrogen-bond donors (Lipinski definition) is 2. The lowest BCUT2D eigenvalue weighted by Crippen LogP contribution is -2.58. The number of aliphatic hydroxyl groups excluding tert-OH is 2. The van der Waals surface area contributed by atoms with E-state index in [0.29, 0.717) is 47.3 Å². The summed E-state index contributed by atoms with van der Waals surface area (Å²) < 4.78 is 4.86. The SMILES string of the molecule is COC(=O)CCC(C)C1CC[C@H]2[C@@H]3C(CCC12C)C1(C)CCC(O)C[C@H]1C[C@@H]3O. The summed E-state index contributed by atoms with van der Waals surface area (Å²) in [5.74, 6) is 3.17. The van der Waals surface area contributed by atoms with Crippen molar-refractivity contribution in [2.75, 3.05) is 7.11 Å². The number of methoxy groups -OCH3 is 1. The summed E-state index contributed by atoms with van der Waals surface area (Å²) >= 11 is 0. The molecule has 4 aliphatic rings. The summed E-state index contributed by atoms with van der Waals surface area (Å²) in [7, 11) is 1.48. The summed E-state index contributed by atoms with van der Waals surface area (Å²) in [6, 6.07) is 0. The number of carbonyl (C=O) groups excluding carboxylic acids is 1. The van der Waals surface area contributed by atoms with E-state index in [-0.39, 0.29) is 23.6 Å². The molecule has 0 radical (unpaired) electrons. The molecule has 0 aromatic carbocycles. The van der Waals surface area contributed by atoms with Crippen LogP contribution < -0.4 is 0 Å². The molecule has 4 saturated carbocycles. The van der Waals surface area contributed by atoms with Crippen LogP contribution in [-0.2, 0) is 9.53 Å². The first kappa shape index (κ1) is 21.6. The maximum absolute atomic E-state index is 11.6. The van der Waals surface area contributed by atoms with Gasteiger partial charge in [-0.1, -0.05) is 20.8 Å². The molecule has 4 nitrogen and oxygen atoms in total. The van der Waals surface area contributed by atoms with E-state index in [9.17, 15) is 15.0 Å². The van der Waals surface area contributed by atoms with Crippen LogP contribution in [0.3, 0.4) is 0 Å². The molecule has 0 aromatic heterocycles. The fourth-order valence-electron chi connectivity index (χ4n) is 8.82. The van der Waals surface area contributed by atoms with Gasteiger partial charge in [-0.25, -0.2) is 0 Å². The van der Waals surface area contributed by atoms with E-state index in [2.05, 4.69) is 20.8 Å². The summed E-state index contributed by atoms with van der Waals surface area (Å²) in [6.45, 7) is 7.29. The Kier molecular flexibility index (Phi) is 5.83. The Bertz CT molecular complexity index is 620. The molecule has 0 aliphatic heterocycles. The van der Waals surface area contributed by atoms with Gasteiger partial charge in [0, 0.05) is 6.42 Å². The van der Waals surface area contributed by atoms with Gasteiger partial charge in [-0.05, 0) is 104 Å². The van der Waals surface area contributed by atoms with Crippen LogP contribution in [-0.4, -0.2) is 35.5 Å². The molecule has 0 amide bonds. The first-order chi connectivity index (χ1) is 13.7. The third-order valence-corrected chi connectivity index (χ3v) is 10.4. The average molecular weight is 407 g/mol. The highest BCUT2D eigenvalue weighted by atomic mass is 16.5. The predicted molar refractivity (Wildman–Crippen MR) is 113 cm³/mol. The Morgan fingerprint density at radius 3 is 2.45 bits per heavy atom. The Morgan fingerprint density at radius 2 is 1.72 bits per heavy atom. The summed E-state index contributed by atoms with van der Waals surface area (Å²) in [6.07, 6.45) is 9.80. The van der Waals surface area contributed by atoms with Gasteiger partial charge in [0.1, 0.15) is 0 Å². The summed E-state index contributed by atoms with van der Waals surface area (Å²) in [5.41, 5.74) is 0.577.